The van der Waals surface area contributed by atoms with Gasteiger partial charge in [-0.2, -0.15) is 0 Å². The second-order valence-corrected chi connectivity index (χ2v) is 9.96. The van der Waals surface area contributed by atoms with Gasteiger partial charge in [0.25, 0.3) is 0 Å². The number of Topliss-reactive ketones (excluding diaryl/α,β-unsaturated/α-hetero) is 1. The molecule has 160 valence electrons. The van der Waals surface area contributed by atoms with Crippen LogP contribution in [0.1, 0.15) is 66.4 Å². The number of carbonyl (C=O) groups excluding carboxylic acids is 3. The number of ether oxygens (including phenoxy) is 2. The third-order valence-electron chi connectivity index (χ3n) is 4.77. The Morgan fingerprint density at radius 3 is 1.93 bits per heavy atom. The third-order valence-corrected chi connectivity index (χ3v) is 4.77. The van der Waals surface area contributed by atoms with Gasteiger partial charge in [-0.05, 0) is 54.0 Å². The SMILES string of the molecule is CC(C)(C)OC(=O)[C@@H]1C(=O)C[C@@](C)(O)[C@H](C(=O)OC(C)(C)C)[C@@H]1c1ccccc1. The molecule has 0 aromatic heterocycles. The molecule has 1 aliphatic rings. The predicted octanol–water partition coefficient (Wildman–Crippen LogP) is 3.41. The molecule has 4 atom stereocenters. The molecule has 29 heavy (non-hydrogen) atoms. The number of aliphatic hydroxyl groups is 1. The summed E-state index contributed by atoms with van der Waals surface area (Å²) in [6, 6.07) is 8.82. The van der Waals surface area contributed by atoms with E-state index in [2.05, 4.69) is 0 Å². The molecule has 0 spiro atoms. The van der Waals surface area contributed by atoms with Crippen LogP contribution in [-0.4, -0.2) is 39.6 Å². The van der Waals surface area contributed by atoms with Gasteiger partial charge in [0.1, 0.15) is 17.1 Å². The smallest absolute Gasteiger partial charge is 0.317 e. The maximum Gasteiger partial charge on any atom is 0.317 e. The second-order valence-electron chi connectivity index (χ2n) is 9.96. The number of hydrogen-bond donors (Lipinski definition) is 1. The summed E-state index contributed by atoms with van der Waals surface area (Å²) in [6.45, 7) is 11.8. The van der Waals surface area contributed by atoms with Crippen molar-refractivity contribution in [3.8, 4) is 0 Å². The van der Waals surface area contributed by atoms with E-state index in [-0.39, 0.29) is 6.42 Å². The molecule has 1 aromatic rings. The van der Waals surface area contributed by atoms with Crippen LogP contribution in [0.2, 0.25) is 0 Å². The van der Waals surface area contributed by atoms with E-state index in [9.17, 15) is 19.5 Å². The second kappa shape index (κ2) is 7.90. The Hall–Kier alpha value is -2.21. The lowest BCUT2D eigenvalue weighted by Crippen LogP contribution is -2.56. The molecule has 1 fully saturated rings. The Kier molecular flexibility index (Phi) is 6.29. The van der Waals surface area contributed by atoms with Crippen molar-refractivity contribution in [3.63, 3.8) is 0 Å². The maximum atomic E-state index is 13.1. The number of esters is 2. The van der Waals surface area contributed by atoms with Gasteiger partial charge in [0.2, 0.25) is 0 Å². The van der Waals surface area contributed by atoms with Crippen LogP contribution in [0.3, 0.4) is 0 Å². The van der Waals surface area contributed by atoms with Crippen LogP contribution in [0.4, 0.5) is 0 Å². The highest BCUT2D eigenvalue weighted by Crippen LogP contribution is 2.47. The lowest BCUT2D eigenvalue weighted by atomic mass is 9.61. The van der Waals surface area contributed by atoms with E-state index in [4.69, 9.17) is 9.47 Å². The van der Waals surface area contributed by atoms with E-state index in [0.29, 0.717) is 5.56 Å². The van der Waals surface area contributed by atoms with Gasteiger partial charge in [-0.25, -0.2) is 0 Å². The summed E-state index contributed by atoms with van der Waals surface area (Å²) in [5, 5.41) is 11.1. The molecule has 0 radical (unpaired) electrons. The molecule has 6 nitrogen and oxygen atoms in total. The zero-order valence-electron chi connectivity index (χ0n) is 18.3. The van der Waals surface area contributed by atoms with Gasteiger partial charge in [-0.1, -0.05) is 30.3 Å². The fourth-order valence-electron chi connectivity index (χ4n) is 3.82. The lowest BCUT2D eigenvalue weighted by molar-refractivity contribution is -0.182. The molecule has 6 heteroatoms. The van der Waals surface area contributed by atoms with Crippen LogP contribution in [-0.2, 0) is 23.9 Å². The molecule has 1 aliphatic carbocycles. The Morgan fingerprint density at radius 2 is 1.45 bits per heavy atom. The molecule has 0 heterocycles. The highest BCUT2D eigenvalue weighted by Gasteiger charge is 2.57. The molecule has 0 bridgehead atoms. The Bertz CT molecular complexity index is 767. The minimum atomic E-state index is -1.65. The first-order chi connectivity index (χ1) is 13.1. The van der Waals surface area contributed by atoms with E-state index in [1.165, 1.54) is 6.92 Å². The van der Waals surface area contributed by atoms with Crippen LogP contribution < -0.4 is 0 Å². The maximum absolute atomic E-state index is 13.1. The Balaban J connectivity index is 2.59. The fourth-order valence-corrected chi connectivity index (χ4v) is 3.82. The van der Waals surface area contributed by atoms with E-state index >= 15 is 0 Å². The molecular formula is C23H32O6. The summed E-state index contributed by atoms with van der Waals surface area (Å²) in [5.74, 6) is -4.97. The van der Waals surface area contributed by atoms with Gasteiger partial charge in [-0.3, -0.25) is 14.4 Å². The molecule has 1 saturated carbocycles. The van der Waals surface area contributed by atoms with Gasteiger partial charge in [-0.15, -0.1) is 0 Å². The molecule has 1 aromatic carbocycles. The van der Waals surface area contributed by atoms with Gasteiger partial charge < -0.3 is 14.6 Å². The minimum Gasteiger partial charge on any atom is -0.460 e. The topological polar surface area (TPSA) is 89.9 Å². The highest BCUT2D eigenvalue weighted by molar-refractivity contribution is 6.03. The standard InChI is InChI=1S/C23H32O6/c1-21(2,3)28-19(25)17-15(24)13-23(7,27)18(20(26)29-22(4,5)6)16(17)14-11-9-8-10-12-14/h8-12,16-18,27H,13H2,1-7H3/t16-,17-,18+,23-/m1/s1. The molecule has 0 unspecified atom stereocenters. The fraction of sp³-hybridized carbons (Fsp3) is 0.609. The van der Waals surface area contributed by atoms with Crippen LogP contribution in [0.15, 0.2) is 30.3 Å². The molecule has 0 amide bonds. The van der Waals surface area contributed by atoms with Crippen molar-refractivity contribution < 1.29 is 29.0 Å². The Morgan fingerprint density at radius 1 is 0.966 bits per heavy atom. The molecular weight excluding hydrogens is 372 g/mol. The van der Waals surface area contributed by atoms with Crippen LogP contribution in [0.5, 0.6) is 0 Å². The summed E-state index contributed by atoms with van der Waals surface area (Å²) in [7, 11) is 0. The lowest BCUT2D eigenvalue weighted by Gasteiger charge is -2.44. The zero-order chi connectivity index (χ0) is 22.2. The molecule has 1 N–H and O–H groups in total. The average molecular weight is 405 g/mol. The largest absolute Gasteiger partial charge is 0.460 e. The Labute approximate surface area is 172 Å². The molecule has 0 aliphatic heterocycles. The van der Waals surface area contributed by atoms with Crippen molar-refractivity contribution >= 4 is 17.7 Å². The number of rotatable bonds is 3. The first-order valence-electron chi connectivity index (χ1n) is 9.88. The number of hydrogen-bond acceptors (Lipinski definition) is 6. The van der Waals surface area contributed by atoms with Crippen molar-refractivity contribution in [1.29, 1.82) is 0 Å². The molecule has 2 rings (SSSR count). The number of benzene rings is 1. The first-order valence-corrected chi connectivity index (χ1v) is 9.88. The van der Waals surface area contributed by atoms with E-state index in [1.807, 2.05) is 0 Å². The summed E-state index contributed by atoms with van der Waals surface area (Å²) in [4.78, 5) is 39.1. The van der Waals surface area contributed by atoms with E-state index < -0.39 is 52.3 Å². The van der Waals surface area contributed by atoms with Crippen molar-refractivity contribution in [3.05, 3.63) is 35.9 Å². The van der Waals surface area contributed by atoms with Crippen molar-refractivity contribution in [1.82, 2.24) is 0 Å². The van der Waals surface area contributed by atoms with Crippen molar-refractivity contribution in [2.24, 2.45) is 11.8 Å². The van der Waals surface area contributed by atoms with Crippen LogP contribution in [0.25, 0.3) is 0 Å². The first kappa shape index (κ1) is 23.1. The van der Waals surface area contributed by atoms with Gasteiger partial charge in [0, 0.05) is 12.3 Å². The van der Waals surface area contributed by atoms with Gasteiger partial charge in [0.05, 0.1) is 11.5 Å². The minimum absolute atomic E-state index is 0.329. The zero-order valence-corrected chi connectivity index (χ0v) is 18.3. The third kappa shape index (κ3) is 5.66. The quantitative estimate of drug-likeness (QED) is 0.613. The van der Waals surface area contributed by atoms with Crippen molar-refractivity contribution in [2.75, 3.05) is 0 Å². The predicted molar refractivity (Wildman–Crippen MR) is 108 cm³/mol. The van der Waals surface area contributed by atoms with Gasteiger partial charge >= 0.3 is 11.9 Å². The van der Waals surface area contributed by atoms with Crippen molar-refractivity contribution in [2.45, 2.75) is 77.6 Å². The summed E-state index contributed by atoms with van der Waals surface area (Å²) >= 11 is 0. The van der Waals surface area contributed by atoms with E-state index in [0.717, 1.165) is 0 Å². The summed E-state index contributed by atoms with van der Waals surface area (Å²) < 4.78 is 11.1. The normalized spacial score (nSPS) is 28.0. The summed E-state index contributed by atoms with van der Waals surface area (Å²) in [6.07, 6.45) is -0.329. The van der Waals surface area contributed by atoms with Crippen LogP contribution >= 0.6 is 0 Å². The van der Waals surface area contributed by atoms with E-state index in [1.54, 1.807) is 71.9 Å². The summed E-state index contributed by atoms with van der Waals surface area (Å²) in [5.41, 5.74) is -2.62. The van der Waals surface area contributed by atoms with Gasteiger partial charge in [0.15, 0.2) is 5.78 Å². The molecule has 0 saturated heterocycles. The average Bonchev–Trinajstić information content (AvgIpc) is 2.50. The van der Waals surface area contributed by atoms with Crippen LogP contribution in [0, 0.1) is 11.8 Å². The monoisotopic (exact) mass is 404 g/mol. The highest BCUT2D eigenvalue weighted by atomic mass is 16.6. The number of carbonyl (C=O) groups is 3. The number of ketones is 1.